The van der Waals surface area contributed by atoms with Gasteiger partial charge in [0.25, 0.3) is 5.91 Å². The van der Waals surface area contributed by atoms with Crippen molar-refractivity contribution in [1.29, 1.82) is 0 Å². The monoisotopic (exact) mass is 551 g/mol. The number of carbonyl (C=O) groups is 3. The number of esters is 1. The molecule has 2 fully saturated rings. The van der Waals surface area contributed by atoms with Crippen molar-refractivity contribution in [3.05, 3.63) is 59.7 Å². The van der Waals surface area contributed by atoms with Crippen molar-refractivity contribution in [2.45, 2.75) is 58.7 Å². The molecule has 2 aromatic carbocycles. The number of rotatable bonds is 8. The maximum atomic E-state index is 13.2. The van der Waals surface area contributed by atoms with Gasteiger partial charge in [0.15, 0.2) is 5.60 Å². The summed E-state index contributed by atoms with van der Waals surface area (Å²) in [6.07, 6.45) is 0.693. The number of benzene rings is 2. The van der Waals surface area contributed by atoms with Gasteiger partial charge in [0.2, 0.25) is 0 Å². The van der Waals surface area contributed by atoms with Crippen LogP contribution in [-0.2, 0) is 20.9 Å². The number of hydrogen-bond acceptors (Lipinski definition) is 6. The first-order valence-corrected chi connectivity index (χ1v) is 14.1. The fourth-order valence-corrected chi connectivity index (χ4v) is 5.24. The largest absolute Gasteiger partial charge is 0.478 e. The third-order valence-corrected chi connectivity index (χ3v) is 7.69. The van der Waals surface area contributed by atoms with Crippen LogP contribution >= 0.6 is 0 Å². The van der Waals surface area contributed by atoms with Crippen LogP contribution in [0.4, 0.5) is 10.5 Å². The van der Waals surface area contributed by atoms with E-state index in [1.54, 1.807) is 18.7 Å². The van der Waals surface area contributed by atoms with Crippen molar-refractivity contribution in [1.82, 2.24) is 9.80 Å². The first kappa shape index (κ1) is 29.2. The fraction of sp³-hybridized carbons (Fsp3) is 0.516. The molecule has 2 saturated heterocycles. The Labute approximate surface area is 236 Å². The molecule has 0 unspecified atom stereocenters. The molecule has 1 atom stereocenters. The number of ether oxygens (including phenoxy) is 2. The van der Waals surface area contributed by atoms with Gasteiger partial charge in [0.05, 0.1) is 5.92 Å². The van der Waals surface area contributed by atoms with E-state index in [0.29, 0.717) is 31.3 Å². The Morgan fingerprint density at radius 3 is 2.30 bits per heavy atom. The van der Waals surface area contributed by atoms with E-state index < -0.39 is 11.7 Å². The summed E-state index contributed by atoms with van der Waals surface area (Å²) in [4.78, 5) is 42.4. The average Bonchev–Trinajstić information content (AvgIpc) is 2.95. The molecule has 4 rings (SSSR count). The van der Waals surface area contributed by atoms with Gasteiger partial charge in [-0.05, 0) is 55.9 Å². The summed E-state index contributed by atoms with van der Waals surface area (Å²) in [5.41, 5.74) is 2.05. The zero-order valence-electron chi connectivity index (χ0n) is 24.0. The summed E-state index contributed by atoms with van der Waals surface area (Å²) >= 11 is 0. The van der Waals surface area contributed by atoms with Crippen LogP contribution in [0.1, 0.15) is 57.6 Å². The van der Waals surface area contributed by atoms with Crippen molar-refractivity contribution >= 4 is 23.7 Å². The van der Waals surface area contributed by atoms with Gasteiger partial charge in [0.1, 0.15) is 12.4 Å². The van der Waals surface area contributed by atoms with E-state index in [1.807, 2.05) is 36.4 Å². The summed E-state index contributed by atoms with van der Waals surface area (Å²) in [5.74, 6) is 0.453. The molecule has 2 aromatic rings. The molecule has 2 amide bonds. The van der Waals surface area contributed by atoms with Crippen LogP contribution in [0.3, 0.4) is 0 Å². The predicted molar refractivity (Wildman–Crippen MR) is 153 cm³/mol. The third-order valence-electron chi connectivity index (χ3n) is 7.69. The smallest absolute Gasteiger partial charge is 0.407 e. The highest BCUT2D eigenvalue weighted by molar-refractivity contribution is 5.85. The minimum atomic E-state index is -1.12. The van der Waals surface area contributed by atoms with Gasteiger partial charge in [-0.25, -0.2) is 4.79 Å². The van der Waals surface area contributed by atoms with Crippen molar-refractivity contribution in [3.8, 4) is 5.75 Å². The van der Waals surface area contributed by atoms with Crippen LogP contribution in [0.25, 0.3) is 0 Å². The van der Waals surface area contributed by atoms with Gasteiger partial charge in [-0.1, -0.05) is 44.2 Å². The Hall–Kier alpha value is -3.75. The van der Waals surface area contributed by atoms with Crippen molar-refractivity contribution < 1.29 is 29.0 Å². The molecule has 2 aliphatic rings. The van der Waals surface area contributed by atoms with Gasteiger partial charge in [-0.15, -0.1) is 0 Å². The minimum absolute atomic E-state index is 0.178. The molecule has 0 spiro atoms. The molecule has 40 heavy (non-hydrogen) atoms. The van der Waals surface area contributed by atoms with E-state index in [1.165, 1.54) is 10.5 Å². The Morgan fingerprint density at radius 1 is 0.975 bits per heavy atom. The van der Waals surface area contributed by atoms with E-state index in [-0.39, 0.29) is 37.5 Å². The topological polar surface area (TPSA) is 99.6 Å². The molecule has 9 nitrogen and oxygen atoms in total. The Morgan fingerprint density at radius 2 is 1.65 bits per heavy atom. The molecule has 216 valence electrons. The molecule has 0 aromatic heterocycles. The van der Waals surface area contributed by atoms with Crippen molar-refractivity contribution in [2.75, 3.05) is 44.2 Å². The average molecular weight is 552 g/mol. The minimum Gasteiger partial charge on any atom is -0.478 e. The highest BCUT2D eigenvalue weighted by Crippen LogP contribution is 2.29. The number of nitrogens with zero attached hydrogens (tertiary/aromatic N) is 3. The zero-order valence-corrected chi connectivity index (χ0v) is 24.0. The Bertz CT molecular complexity index is 1190. The normalized spacial score (nSPS) is 18.0. The first-order valence-electron chi connectivity index (χ1n) is 14.1. The molecular weight excluding hydrogens is 510 g/mol. The van der Waals surface area contributed by atoms with Crippen LogP contribution in [-0.4, -0.2) is 77.7 Å². The quantitative estimate of drug-likeness (QED) is 0.473. The summed E-state index contributed by atoms with van der Waals surface area (Å²) in [5, 5.41) is 9.16. The van der Waals surface area contributed by atoms with Crippen LogP contribution in [0.15, 0.2) is 48.5 Å². The second-order valence-electron chi connectivity index (χ2n) is 11.5. The number of hydrogen-bond donors (Lipinski definition) is 1. The van der Waals surface area contributed by atoms with Crippen molar-refractivity contribution in [2.24, 2.45) is 5.92 Å². The number of carboxylic acid groups (broad SMARTS) is 1. The van der Waals surface area contributed by atoms with E-state index in [4.69, 9.17) is 14.6 Å². The number of piperidine rings is 1. The lowest BCUT2D eigenvalue weighted by atomic mass is 9.97. The van der Waals surface area contributed by atoms with E-state index in [0.717, 1.165) is 30.6 Å². The molecule has 2 aliphatic heterocycles. The van der Waals surface area contributed by atoms with Gasteiger partial charge in [0, 0.05) is 51.0 Å². The fourth-order valence-electron chi connectivity index (χ4n) is 5.24. The summed E-state index contributed by atoms with van der Waals surface area (Å²) < 4.78 is 11.8. The summed E-state index contributed by atoms with van der Waals surface area (Å²) in [6.45, 7) is 10.7. The second kappa shape index (κ2) is 12.6. The first-order chi connectivity index (χ1) is 19.0. The van der Waals surface area contributed by atoms with Gasteiger partial charge < -0.3 is 29.3 Å². The van der Waals surface area contributed by atoms with E-state index >= 15 is 0 Å². The molecule has 0 radical (unpaired) electrons. The predicted octanol–water partition coefficient (Wildman–Crippen LogP) is 4.75. The lowest BCUT2D eigenvalue weighted by Crippen LogP contribution is -2.56. The van der Waals surface area contributed by atoms with E-state index in [9.17, 15) is 14.4 Å². The van der Waals surface area contributed by atoms with E-state index in [2.05, 4.69) is 30.9 Å². The van der Waals surface area contributed by atoms with Gasteiger partial charge >= 0.3 is 12.1 Å². The van der Waals surface area contributed by atoms with Crippen molar-refractivity contribution in [3.63, 3.8) is 0 Å². The summed E-state index contributed by atoms with van der Waals surface area (Å²) in [6, 6.07) is 15.8. The molecule has 0 saturated carbocycles. The Kier molecular flexibility index (Phi) is 9.22. The lowest BCUT2D eigenvalue weighted by molar-refractivity contribution is -0.150. The second-order valence-corrected chi connectivity index (χ2v) is 11.5. The number of anilines is 1. The standard InChI is InChI=1S/C31H41N3O6/c1-22(2)24-12-10-23(11-13-24)21-39-28(35)25-7-6-14-34(20-25)26-8-5-9-27(19-26)40-31(3,4)29(36)32-15-17-33(18-16-32)30(37)38/h5,8-13,19,22,25H,6-7,14-18,20-21H2,1-4H3,(H,37,38)/t25-/m0/s1. The Balaban J connectivity index is 1.33. The molecule has 0 aliphatic carbocycles. The number of piperazine rings is 1. The van der Waals surface area contributed by atoms with Crippen LogP contribution in [0.5, 0.6) is 5.75 Å². The molecule has 2 heterocycles. The third kappa shape index (κ3) is 7.25. The zero-order chi connectivity index (χ0) is 28.9. The lowest BCUT2D eigenvalue weighted by Gasteiger charge is -2.37. The van der Waals surface area contributed by atoms with Gasteiger partial charge in [-0.3, -0.25) is 9.59 Å². The van der Waals surface area contributed by atoms with Crippen LogP contribution in [0.2, 0.25) is 0 Å². The van der Waals surface area contributed by atoms with Gasteiger partial charge in [-0.2, -0.15) is 0 Å². The molecule has 1 N–H and O–H groups in total. The maximum Gasteiger partial charge on any atom is 0.407 e. The number of amides is 2. The van der Waals surface area contributed by atoms with Crippen LogP contribution in [0, 0.1) is 5.92 Å². The highest BCUT2D eigenvalue weighted by Gasteiger charge is 2.36. The molecular formula is C31H41N3O6. The number of carbonyl (C=O) groups excluding carboxylic acids is 2. The SMILES string of the molecule is CC(C)c1ccc(COC(=O)[C@H]2CCCN(c3cccc(OC(C)(C)C(=O)N4CCN(C(=O)O)CC4)c3)C2)cc1. The molecule has 0 bridgehead atoms. The highest BCUT2D eigenvalue weighted by atomic mass is 16.5. The summed E-state index contributed by atoms with van der Waals surface area (Å²) in [7, 11) is 0. The maximum absolute atomic E-state index is 13.2. The molecule has 9 heteroatoms. The van der Waals surface area contributed by atoms with Crippen LogP contribution < -0.4 is 9.64 Å².